The van der Waals surface area contributed by atoms with E-state index in [1.54, 1.807) is 17.7 Å². The molecule has 0 fully saturated rings. The van der Waals surface area contributed by atoms with Crippen molar-refractivity contribution in [2.45, 2.75) is 0 Å². The maximum atomic E-state index is 9.20. The normalized spacial score (nSPS) is 10.3. The van der Waals surface area contributed by atoms with Gasteiger partial charge in [-0.3, -0.25) is 0 Å². The van der Waals surface area contributed by atoms with Crippen LogP contribution in [0.5, 0.6) is 0 Å². The van der Waals surface area contributed by atoms with Crippen molar-refractivity contribution >= 4 is 23.6 Å². The summed E-state index contributed by atoms with van der Waals surface area (Å²) in [6.07, 6.45) is 0. The third kappa shape index (κ3) is 1.31. The fraction of sp³-hybridized carbons (Fsp3) is 0.100. The van der Waals surface area contributed by atoms with Crippen LogP contribution in [-0.2, 0) is 7.05 Å². The Balaban J connectivity index is 2.92. The summed E-state index contributed by atoms with van der Waals surface area (Å²) in [5.74, 6) is 0. The Bertz CT molecular complexity index is 554. The Morgan fingerprint density at radius 2 is 2.00 bits per heavy atom. The van der Waals surface area contributed by atoms with Crippen molar-refractivity contribution in [3.8, 4) is 6.07 Å². The number of aryl methyl sites for hydroxylation is 1. The van der Waals surface area contributed by atoms with E-state index in [2.05, 4.69) is 0 Å². The second kappa shape index (κ2) is 3.42. The number of nitrogens with zero attached hydrogens (tertiary/aromatic N) is 2. The molecule has 15 heavy (non-hydrogen) atoms. The molecule has 0 unspecified atom stereocenters. The molecule has 5 heteroatoms. The molecule has 2 N–H and O–H groups in total. The molecule has 0 saturated heterocycles. The maximum Gasteiger partial charge on any atom is 0.507 e. The molecule has 4 nitrogen and oxygen atoms in total. The molecule has 0 radical (unpaired) electrons. The Labute approximate surface area is 87.1 Å². The van der Waals surface area contributed by atoms with Gasteiger partial charge in [-0.2, -0.15) is 5.26 Å². The topological polar surface area (TPSA) is 69.2 Å². The van der Waals surface area contributed by atoms with Gasteiger partial charge in [-0.1, -0.05) is 18.2 Å². The van der Waals surface area contributed by atoms with Crippen molar-refractivity contribution in [1.29, 1.82) is 5.26 Å². The molecule has 1 aromatic heterocycles. The maximum absolute atomic E-state index is 9.20. The lowest BCUT2D eigenvalue weighted by molar-refractivity contribution is 0.423. The highest BCUT2D eigenvalue weighted by molar-refractivity contribution is 6.59. The molecule has 2 aromatic rings. The van der Waals surface area contributed by atoms with Crippen molar-refractivity contribution in [2.75, 3.05) is 0 Å². The van der Waals surface area contributed by atoms with E-state index in [1.807, 2.05) is 24.3 Å². The van der Waals surface area contributed by atoms with E-state index in [4.69, 9.17) is 5.26 Å². The SMILES string of the molecule is Cn1c(B(O)O)c(C#N)c2ccccc21. The summed E-state index contributed by atoms with van der Waals surface area (Å²) in [7, 11) is 0.0786. The van der Waals surface area contributed by atoms with Gasteiger partial charge in [0.1, 0.15) is 6.07 Å². The summed E-state index contributed by atoms with van der Waals surface area (Å²) in [5, 5.41) is 28.1. The molecule has 0 aliphatic carbocycles. The minimum Gasteiger partial charge on any atom is -0.422 e. The zero-order chi connectivity index (χ0) is 11.0. The standard InChI is InChI=1S/C10H9BN2O2/c1-13-9-5-3-2-4-7(9)8(6-12)10(13)11(14)15/h2-5,14-15H,1H3. The molecule has 0 amide bonds. The lowest BCUT2D eigenvalue weighted by Gasteiger charge is -2.02. The van der Waals surface area contributed by atoms with Crippen molar-refractivity contribution in [3.63, 3.8) is 0 Å². The molecule has 0 aliphatic heterocycles. The van der Waals surface area contributed by atoms with Crippen molar-refractivity contribution < 1.29 is 10.0 Å². The smallest absolute Gasteiger partial charge is 0.422 e. The van der Waals surface area contributed by atoms with Crippen molar-refractivity contribution in [2.24, 2.45) is 7.05 Å². The van der Waals surface area contributed by atoms with Crippen molar-refractivity contribution in [1.82, 2.24) is 4.57 Å². The zero-order valence-electron chi connectivity index (χ0n) is 8.18. The highest BCUT2D eigenvalue weighted by Gasteiger charge is 2.23. The minimum absolute atomic E-state index is 0.235. The molecular formula is C10H9BN2O2. The molecule has 0 spiro atoms. The third-order valence-electron chi connectivity index (χ3n) is 2.51. The van der Waals surface area contributed by atoms with Gasteiger partial charge in [-0.05, 0) is 6.07 Å². The molecule has 0 bridgehead atoms. The van der Waals surface area contributed by atoms with Gasteiger partial charge in [0, 0.05) is 18.0 Å². The van der Waals surface area contributed by atoms with Crippen LogP contribution in [0.3, 0.4) is 0 Å². The van der Waals surface area contributed by atoms with Crippen molar-refractivity contribution in [3.05, 3.63) is 29.8 Å². The van der Waals surface area contributed by atoms with Crippen LogP contribution in [0.2, 0.25) is 0 Å². The van der Waals surface area contributed by atoms with Gasteiger partial charge in [-0.15, -0.1) is 0 Å². The summed E-state index contributed by atoms with van der Waals surface area (Å²) < 4.78 is 1.62. The molecule has 74 valence electrons. The summed E-state index contributed by atoms with van der Waals surface area (Å²) in [4.78, 5) is 0. The van der Waals surface area contributed by atoms with E-state index in [-0.39, 0.29) is 5.59 Å². The highest BCUT2D eigenvalue weighted by atomic mass is 16.4. The summed E-state index contributed by atoms with van der Waals surface area (Å²) in [6.45, 7) is 0. The molecule has 2 rings (SSSR count). The van der Waals surface area contributed by atoms with Crippen LogP contribution in [-0.4, -0.2) is 21.7 Å². The first-order valence-electron chi connectivity index (χ1n) is 4.50. The first-order chi connectivity index (χ1) is 7.16. The van der Waals surface area contributed by atoms with E-state index < -0.39 is 7.12 Å². The quantitative estimate of drug-likeness (QED) is 0.622. The van der Waals surface area contributed by atoms with Gasteiger partial charge < -0.3 is 14.6 Å². The fourth-order valence-electron chi connectivity index (χ4n) is 1.83. The van der Waals surface area contributed by atoms with Crippen LogP contribution >= 0.6 is 0 Å². The number of hydrogen-bond donors (Lipinski definition) is 2. The number of nitriles is 1. The Morgan fingerprint density at radius 1 is 1.33 bits per heavy atom. The lowest BCUT2D eigenvalue weighted by Crippen LogP contribution is -2.37. The largest absolute Gasteiger partial charge is 0.507 e. The highest BCUT2D eigenvalue weighted by Crippen LogP contribution is 2.17. The van der Waals surface area contributed by atoms with E-state index in [1.165, 1.54) is 0 Å². The van der Waals surface area contributed by atoms with Gasteiger partial charge in [0.15, 0.2) is 0 Å². The van der Waals surface area contributed by atoms with Crippen LogP contribution in [0, 0.1) is 11.3 Å². The Kier molecular flexibility index (Phi) is 2.23. The molecule has 1 aromatic carbocycles. The average Bonchev–Trinajstić information content (AvgIpc) is 2.52. The number of aromatic nitrogens is 1. The van der Waals surface area contributed by atoms with Gasteiger partial charge in [0.05, 0.1) is 11.2 Å². The number of benzene rings is 1. The van der Waals surface area contributed by atoms with Crippen LogP contribution < -0.4 is 5.59 Å². The first kappa shape index (κ1) is 9.78. The van der Waals surface area contributed by atoms with Crippen LogP contribution in [0.15, 0.2) is 24.3 Å². The van der Waals surface area contributed by atoms with Crippen LogP contribution in [0.4, 0.5) is 0 Å². The number of hydrogen-bond acceptors (Lipinski definition) is 3. The van der Waals surface area contributed by atoms with E-state index >= 15 is 0 Å². The number of fused-ring (bicyclic) bond motifs is 1. The monoisotopic (exact) mass is 200 g/mol. The predicted molar refractivity (Wildman–Crippen MR) is 57.5 cm³/mol. The lowest BCUT2D eigenvalue weighted by atomic mass is 9.83. The molecular weight excluding hydrogens is 191 g/mol. The van der Waals surface area contributed by atoms with E-state index in [0.717, 1.165) is 10.9 Å². The fourth-order valence-corrected chi connectivity index (χ4v) is 1.83. The molecule has 1 heterocycles. The van der Waals surface area contributed by atoms with Gasteiger partial charge >= 0.3 is 7.12 Å². The van der Waals surface area contributed by atoms with Gasteiger partial charge in [0.25, 0.3) is 0 Å². The first-order valence-corrected chi connectivity index (χ1v) is 4.50. The second-order valence-electron chi connectivity index (χ2n) is 3.32. The molecule has 0 atom stereocenters. The summed E-state index contributed by atoms with van der Waals surface area (Å²) in [5.41, 5.74) is 1.37. The van der Waals surface area contributed by atoms with Crippen LogP contribution in [0.1, 0.15) is 5.56 Å². The zero-order valence-corrected chi connectivity index (χ0v) is 8.18. The molecule has 0 saturated carbocycles. The van der Waals surface area contributed by atoms with Gasteiger partial charge in [0.2, 0.25) is 0 Å². The summed E-state index contributed by atoms with van der Waals surface area (Å²) in [6, 6.07) is 9.29. The Hall–Kier alpha value is -1.77. The number of rotatable bonds is 1. The van der Waals surface area contributed by atoms with Gasteiger partial charge in [-0.25, -0.2) is 0 Å². The third-order valence-corrected chi connectivity index (χ3v) is 2.51. The van der Waals surface area contributed by atoms with Crippen LogP contribution in [0.25, 0.3) is 10.9 Å². The Morgan fingerprint density at radius 3 is 2.60 bits per heavy atom. The van der Waals surface area contributed by atoms with E-state index in [0.29, 0.717) is 5.56 Å². The van der Waals surface area contributed by atoms with E-state index in [9.17, 15) is 10.0 Å². The number of para-hydroxylation sites is 1. The minimum atomic E-state index is -1.63. The average molecular weight is 200 g/mol. The summed E-state index contributed by atoms with van der Waals surface area (Å²) >= 11 is 0. The molecule has 0 aliphatic rings. The second-order valence-corrected chi connectivity index (χ2v) is 3.32. The predicted octanol–water partition coefficient (Wildman–Crippen LogP) is -0.270.